The van der Waals surface area contributed by atoms with Gasteiger partial charge in [0.2, 0.25) is 5.91 Å². The second kappa shape index (κ2) is 5.16. The topological polar surface area (TPSA) is 85.3 Å². The summed E-state index contributed by atoms with van der Waals surface area (Å²) in [6.45, 7) is 0.422. The molecule has 2 aromatic rings. The molecule has 0 atom stereocenters. The average molecular weight is 279 g/mol. The van der Waals surface area contributed by atoms with Gasteiger partial charge in [-0.15, -0.1) is 0 Å². The number of hydrogen-bond acceptors (Lipinski definition) is 2. The molecule has 1 aromatic carbocycles. The number of nitrogens with two attached hydrogens (primary N) is 1. The molecule has 1 heterocycles. The maximum absolute atomic E-state index is 11.0. The van der Waals surface area contributed by atoms with Crippen molar-refractivity contribution in [3.8, 4) is 0 Å². The number of hydrogen-bond donors (Lipinski definition) is 2. The van der Waals surface area contributed by atoms with Crippen LogP contribution >= 0.6 is 11.6 Å². The van der Waals surface area contributed by atoms with Crippen molar-refractivity contribution in [1.82, 2.24) is 4.57 Å². The predicted octanol–water partition coefficient (Wildman–Crippen LogP) is 1.99. The minimum absolute atomic E-state index is 0.213. The minimum atomic E-state index is -0.978. The van der Waals surface area contributed by atoms with Crippen LogP contribution in [0.2, 0.25) is 5.02 Å². The third-order valence-electron chi connectivity index (χ3n) is 2.69. The SMILES string of the molecule is NC(=O)c1ccc(Cn2ccc(C(=O)O)c2)c(Cl)c1. The van der Waals surface area contributed by atoms with Gasteiger partial charge in [-0.25, -0.2) is 4.79 Å². The van der Waals surface area contributed by atoms with Crippen molar-refractivity contribution in [2.75, 3.05) is 0 Å². The predicted molar refractivity (Wildman–Crippen MR) is 70.5 cm³/mol. The van der Waals surface area contributed by atoms with Gasteiger partial charge in [0, 0.05) is 29.5 Å². The van der Waals surface area contributed by atoms with E-state index in [1.807, 2.05) is 0 Å². The van der Waals surface area contributed by atoms with E-state index in [1.54, 1.807) is 22.9 Å². The molecule has 0 spiro atoms. The number of primary amides is 1. The number of rotatable bonds is 4. The van der Waals surface area contributed by atoms with Gasteiger partial charge in [0.1, 0.15) is 0 Å². The molecule has 98 valence electrons. The molecule has 2 rings (SSSR count). The van der Waals surface area contributed by atoms with Crippen molar-refractivity contribution in [2.24, 2.45) is 5.73 Å². The van der Waals surface area contributed by atoms with Gasteiger partial charge in [-0.3, -0.25) is 4.79 Å². The molecule has 0 saturated heterocycles. The van der Waals surface area contributed by atoms with Crippen molar-refractivity contribution < 1.29 is 14.7 Å². The summed E-state index contributed by atoms with van der Waals surface area (Å²) >= 11 is 6.06. The fraction of sp³-hybridized carbons (Fsp3) is 0.0769. The quantitative estimate of drug-likeness (QED) is 0.897. The number of amides is 1. The number of nitrogens with zero attached hydrogens (tertiary/aromatic N) is 1. The highest BCUT2D eigenvalue weighted by molar-refractivity contribution is 6.31. The number of carbonyl (C=O) groups excluding carboxylic acids is 1. The second-order valence-corrected chi connectivity index (χ2v) is 4.46. The molecular weight excluding hydrogens is 268 g/mol. The molecule has 1 amide bonds. The fourth-order valence-electron chi connectivity index (χ4n) is 1.69. The van der Waals surface area contributed by atoms with E-state index in [1.165, 1.54) is 18.3 Å². The van der Waals surface area contributed by atoms with Crippen LogP contribution in [0.3, 0.4) is 0 Å². The maximum atomic E-state index is 11.0. The first-order valence-electron chi connectivity index (χ1n) is 5.44. The van der Waals surface area contributed by atoms with Crippen molar-refractivity contribution in [3.63, 3.8) is 0 Å². The van der Waals surface area contributed by atoms with E-state index in [2.05, 4.69) is 0 Å². The summed E-state index contributed by atoms with van der Waals surface area (Å²) in [5, 5.41) is 9.24. The lowest BCUT2D eigenvalue weighted by Crippen LogP contribution is -2.11. The Bertz CT molecular complexity index is 649. The number of carbonyl (C=O) groups is 2. The molecule has 0 aliphatic carbocycles. The lowest BCUT2D eigenvalue weighted by Gasteiger charge is -2.06. The molecule has 0 fully saturated rings. The van der Waals surface area contributed by atoms with Crippen LogP contribution in [0.4, 0.5) is 0 Å². The van der Waals surface area contributed by atoms with Gasteiger partial charge in [-0.2, -0.15) is 0 Å². The van der Waals surface area contributed by atoms with E-state index < -0.39 is 11.9 Å². The number of aromatic nitrogens is 1. The zero-order chi connectivity index (χ0) is 14.0. The summed E-state index contributed by atoms with van der Waals surface area (Å²) in [4.78, 5) is 21.8. The van der Waals surface area contributed by atoms with Crippen LogP contribution in [0, 0.1) is 0 Å². The van der Waals surface area contributed by atoms with Crippen LogP contribution in [-0.2, 0) is 6.54 Å². The number of carboxylic acid groups (broad SMARTS) is 1. The van der Waals surface area contributed by atoms with Crippen molar-refractivity contribution in [1.29, 1.82) is 0 Å². The summed E-state index contributed by atoms with van der Waals surface area (Å²) < 4.78 is 1.70. The van der Waals surface area contributed by atoms with Crippen LogP contribution in [-0.4, -0.2) is 21.6 Å². The Morgan fingerprint density at radius 3 is 2.53 bits per heavy atom. The number of carboxylic acids is 1. The third kappa shape index (κ3) is 2.95. The summed E-state index contributed by atoms with van der Waals surface area (Å²) in [6.07, 6.45) is 3.17. The summed E-state index contributed by atoms with van der Waals surface area (Å²) in [5.41, 5.74) is 6.48. The van der Waals surface area contributed by atoms with Crippen LogP contribution < -0.4 is 5.73 Å². The Morgan fingerprint density at radius 2 is 2.00 bits per heavy atom. The zero-order valence-corrected chi connectivity index (χ0v) is 10.6. The van der Waals surface area contributed by atoms with Crippen molar-refractivity contribution in [2.45, 2.75) is 6.54 Å². The molecule has 3 N–H and O–H groups in total. The Morgan fingerprint density at radius 1 is 1.26 bits per heavy atom. The Kier molecular flexibility index (Phi) is 3.57. The van der Waals surface area contributed by atoms with E-state index in [9.17, 15) is 9.59 Å². The van der Waals surface area contributed by atoms with Crippen LogP contribution in [0.1, 0.15) is 26.3 Å². The van der Waals surface area contributed by atoms with E-state index in [0.29, 0.717) is 17.1 Å². The molecule has 6 heteroatoms. The smallest absolute Gasteiger partial charge is 0.337 e. The summed E-state index contributed by atoms with van der Waals surface area (Å²) in [7, 11) is 0. The number of halogens is 1. The van der Waals surface area contributed by atoms with E-state index >= 15 is 0 Å². The molecule has 1 aromatic heterocycles. The van der Waals surface area contributed by atoms with Gasteiger partial charge < -0.3 is 15.4 Å². The average Bonchev–Trinajstić information content (AvgIpc) is 2.80. The first-order valence-corrected chi connectivity index (χ1v) is 5.82. The third-order valence-corrected chi connectivity index (χ3v) is 3.04. The molecule has 19 heavy (non-hydrogen) atoms. The van der Waals surface area contributed by atoms with Crippen molar-refractivity contribution >= 4 is 23.5 Å². The molecule has 0 unspecified atom stereocenters. The fourth-order valence-corrected chi connectivity index (χ4v) is 1.93. The molecule has 0 bridgehead atoms. The van der Waals surface area contributed by atoms with Gasteiger partial charge in [-0.05, 0) is 23.8 Å². The van der Waals surface area contributed by atoms with Crippen molar-refractivity contribution in [3.05, 3.63) is 58.4 Å². The van der Waals surface area contributed by atoms with Gasteiger partial charge in [-0.1, -0.05) is 17.7 Å². The molecular formula is C13H11ClN2O3. The lowest BCUT2D eigenvalue weighted by atomic mass is 10.1. The van der Waals surface area contributed by atoms with Gasteiger partial charge in [0.05, 0.1) is 5.56 Å². The first kappa shape index (κ1) is 13.2. The first-order chi connectivity index (χ1) is 8.97. The number of aromatic carboxylic acids is 1. The minimum Gasteiger partial charge on any atom is -0.478 e. The van der Waals surface area contributed by atoms with Gasteiger partial charge in [0.25, 0.3) is 0 Å². The lowest BCUT2D eigenvalue weighted by molar-refractivity contribution is 0.0696. The van der Waals surface area contributed by atoms with E-state index in [-0.39, 0.29) is 5.56 Å². The van der Waals surface area contributed by atoms with Crippen LogP contribution in [0.15, 0.2) is 36.7 Å². The van der Waals surface area contributed by atoms with E-state index in [4.69, 9.17) is 22.4 Å². The second-order valence-electron chi connectivity index (χ2n) is 4.05. The molecule has 0 aliphatic heterocycles. The standard InChI is InChI=1S/C13H11ClN2O3/c14-11-5-8(12(15)17)1-2-9(11)6-16-4-3-10(7-16)13(18)19/h1-5,7H,6H2,(H2,15,17)(H,18,19). The Balaban J connectivity index is 2.23. The highest BCUT2D eigenvalue weighted by atomic mass is 35.5. The maximum Gasteiger partial charge on any atom is 0.337 e. The molecule has 0 radical (unpaired) electrons. The monoisotopic (exact) mass is 278 g/mol. The molecule has 0 aliphatic rings. The van der Waals surface area contributed by atoms with Gasteiger partial charge in [0.15, 0.2) is 0 Å². The molecule has 5 nitrogen and oxygen atoms in total. The Hall–Kier alpha value is -2.27. The van der Waals surface area contributed by atoms with Gasteiger partial charge >= 0.3 is 5.97 Å². The summed E-state index contributed by atoms with van der Waals surface area (Å²) in [6, 6.07) is 6.29. The Labute approximate surface area is 114 Å². The zero-order valence-electron chi connectivity index (χ0n) is 9.84. The highest BCUT2D eigenvalue weighted by Crippen LogP contribution is 2.19. The highest BCUT2D eigenvalue weighted by Gasteiger charge is 2.08. The largest absolute Gasteiger partial charge is 0.478 e. The summed E-state index contributed by atoms with van der Waals surface area (Å²) in [5.74, 6) is -1.52. The van der Waals surface area contributed by atoms with Crippen LogP contribution in [0.5, 0.6) is 0 Å². The number of benzene rings is 1. The molecule has 0 saturated carbocycles. The van der Waals surface area contributed by atoms with E-state index in [0.717, 1.165) is 5.56 Å². The normalized spacial score (nSPS) is 10.4. The van der Waals surface area contributed by atoms with Crippen LogP contribution in [0.25, 0.3) is 0 Å².